The van der Waals surface area contributed by atoms with E-state index in [0.717, 1.165) is 28.1 Å². The fourth-order valence-electron chi connectivity index (χ4n) is 4.34. The molecule has 1 fully saturated rings. The minimum atomic E-state index is -1.55. The average Bonchev–Trinajstić information content (AvgIpc) is 3.32. The highest BCUT2D eigenvalue weighted by Crippen LogP contribution is 2.32. The van der Waals surface area contributed by atoms with Gasteiger partial charge in [0.2, 0.25) is 12.2 Å². The molecule has 0 aliphatic carbocycles. The molecule has 1 aliphatic heterocycles. The highest BCUT2D eigenvalue weighted by Gasteiger charge is 2.45. The Morgan fingerprint density at radius 1 is 1.10 bits per heavy atom. The van der Waals surface area contributed by atoms with Crippen molar-refractivity contribution < 1.29 is 44.8 Å². The van der Waals surface area contributed by atoms with Gasteiger partial charge in [-0.3, -0.25) is 5.10 Å². The van der Waals surface area contributed by atoms with Crippen LogP contribution in [0.3, 0.4) is 0 Å². The standard InChI is InChI=1S/C27H43N3O9/c1-15(2)21-19(25(30-29-21)39-26-24(36)23(35)22(34)20(12-31)38-26)11-17-6-7-18(10-16(17)3)37-9-5-8-28-27(4,13-32)14-33/h6-7,10,15,20,22-24,26,28,31-36H,5,8-9,11-14H2,1-4H3,(H,29,30)/t20-,22+,23+,24-,26+/m1/s1. The van der Waals surface area contributed by atoms with Gasteiger partial charge in [0.1, 0.15) is 30.2 Å². The van der Waals surface area contributed by atoms with Gasteiger partial charge in [-0.15, -0.1) is 5.10 Å². The van der Waals surface area contributed by atoms with Gasteiger partial charge in [0.15, 0.2) is 0 Å². The predicted molar refractivity (Wildman–Crippen MR) is 142 cm³/mol. The quantitative estimate of drug-likeness (QED) is 0.144. The topological polar surface area (TPSA) is 190 Å². The molecule has 39 heavy (non-hydrogen) atoms. The van der Waals surface area contributed by atoms with Crippen LogP contribution in [0.25, 0.3) is 0 Å². The van der Waals surface area contributed by atoms with Crippen LogP contribution in [0.1, 0.15) is 55.5 Å². The summed E-state index contributed by atoms with van der Waals surface area (Å²) in [6, 6.07) is 5.79. The zero-order valence-electron chi connectivity index (χ0n) is 23.0. The average molecular weight is 554 g/mol. The van der Waals surface area contributed by atoms with E-state index in [1.165, 1.54) is 0 Å². The Kier molecular flexibility index (Phi) is 11.1. The number of aromatic nitrogens is 2. The van der Waals surface area contributed by atoms with Crippen LogP contribution in [0, 0.1) is 6.92 Å². The number of aromatic amines is 1. The lowest BCUT2D eigenvalue weighted by Gasteiger charge is -2.39. The van der Waals surface area contributed by atoms with E-state index in [-0.39, 0.29) is 25.0 Å². The van der Waals surface area contributed by atoms with Crippen molar-refractivity contribution in [3.63, 3.8) is 0 Å². The SMILES string of the molecule is Cc1cc(OCCCNC(C)(CO)CO)ccc1Cc1c(O[C@@H]2O[C@H](CO)[C@H](O)[C@H](O)[C@H]2O)n[nH]c1C(C)C. The number of H-pyrrole nitrogens is 1. The van der Waals surface area contributed by atoms with E-state index in [1.807, 2.05) is 39.0 Å². The summed E-state index contributed by atoms with van der Waals surface area (Å²) in [6.07, 6.45) is -5.82. The first-order chi connectivity index (χ1) is 18.5. The Hall–Kier alpha value is -2.29. The highest BCUT2D eigenvalue weighted by molar-refractivity contribution is 5.42. The Morgan fingerprint density at radius 3 is 2.44 bits per heavy atom. The third kappa shape index (κ3) is 7.68. The number of nitrogens with zero attached hydrogens (tertiary/aromatic N) is 1. The number of aryl methyl sites for hydroxylation is 1. The zero-order chi connectivity index (χ0) is 28.7. The number of hydrogen-bond acceptors (Lipinski definition) is 11. The van der Waals surface area contributed by atoms with Gasteiger partial charge in [-0.05, 0) is 56.0 Å². The molecule has 3 rings (SSSR count). The van der Waals surface area contributed by atoms with Crippen LogP contribution < -0.4 is 14.8 Å². The van der Waals surface area contributed by atoms with Crippen molar-refractivity contribution in [1.82, 2.24) is 15.5 Å². The van der Waals surface area contributed by atoms with E-state index in [4.69, 9.17) is 14.2 Å². The van der Waals surface area contributed by atoms with Crippen molar-refractivity contribution in [2.45, 2.75) is 82.7 Å². The molecular weight excluding hydrogens is 510 g/mol. The van der Waals surface area contributed by atoms with E-state index in [0.29, 0.717) is 26.0 Å². The normalized spacial score (nSPS) is 23.8. The fourth-order valence-corrected chi connectivity index (χ4v) is 4.34. The van der Waals surface area contributed by atoms with Gasteiger partial charge in [0.05, 0.1) is 32.0 Å². The van der Waals surface area contributed by atoms with Crippen LogP contribution in [0.5, 0.6) is 11.6 Å². The third-order valence-electron chi connectivity index (χ3n) is 7.04. The van der Waals surface area contributed by atoms with Gasteiger partial charge in [-0.2, -0.15) is 0 Å². The molecule has 0 saturated carbocycles. The van der Waals surface area contributed by atoms with E-state index in [9.17, 15) is 30.6 Å². The second kappa shape index (κ2) is 13.9. The lowest BCUT2D eigenvalue weighted by Crippen LogP contribution is -2.60. The maximum absolute atomic E-state index is 10.4. The van der Waals surface area contributed by atoms with Gasteiger partial charge in [0, 0.05) is 17.7 Å². The lowest BCUT2D eigenvalue weighted by molar-refractivity contribution is -0.278. The van der Waals surface area contributed by atoms with Crippen LogP contribution in [-0.4, -0.2) is 110 Å². The highest BCUT2D eigenvalue weighted by atomic mass is 16.7. The number of aliphatic hydroxyl groups is 6. The van der Waals surface area contributed by atoms with Crippen molar-refractivity contribution >= 4 is 0 Å². The smallest absolute Gasteiger partial charge is 0.238 e. The van der Waals surface area contributed by atoms with Gasteiger partial charge < -0.3 is 50.2 Å². The Balaban J connectivity index is 1.68. The number of rotatable bonds is 14. The number of nitrogens with one attached hydrogen (secondary N) is 2. The molecule has 12 heteroatoms. The molecular formula is C27H43N3O9. The maximum atomic E-state index is 10.4. The summed E-state index contributed by atoms with van der Waals surface area (Å²) in [6.45, 7) is 7.94. The van der Waals surface area contributed by atoms with Crippen molar-refractivity contribution in [2.24, 2.45) is 0 Å². The predicted octanol–water partition coefficient (Wildman–Crippen LogP) is -0.287. The first kappa shape index (κ1) is 31.2. The molecule has 12 nitrogen and oxygen atoms in total. The summed E-state index contributed by atoms with van der Waals surface area (Å²) in [7, 11) is 0. The number of ether oxygens (including phenoxy) is 3. The van der Waals surface area contributed by atoms with Crippen molar-refractivity contribution in [3.05, 3.63) is 40.6 Å². The van der Waals surface area contributed by atoms with Gasteiger partial charge in [-0.25, -0.2) is 0 Å². The molecule has 8 N–H and O–H groups in total. The molecule has 1 aromatic heterocycles. The molecule has 0 unspecified atom stereocenters. The molecule has 0 amide bonds. The monoisotopic (exact) mass is 553 g/mol. The molecule has 0 spiro atoms. The molecule has 2 aromatic rings. The minimum Gasteiger partial charge on any atom is -0.494 e. The number of aliphatic hydroxyl groups excluding tert-OH is 6. The van der Waals surface area contributed by atoms with Crippen LogP contribution in [0.4, 0.5) is 0 Å². The van der Waals surface area contributed by atoms with Gasteiger partial charge >= 0.3 is 0 Å². The molecule has 5 atom stereocenters. The molecule has 0 bridgehead atoms. The molecule has 220 valence electrons. The number of hydrogen-bond donors (Lipinski definition) is 8. The first-order valence-corrected chi connectivity index (χ1v) is 13.3. The Labute approximate surface area is 228 Å². The lowest BCUT2D eigenvalue weighted by atomic mass is 9.96. The largest absolute Gasteiger partial charge is 0.494 e. The third-order valence-corrected chi connectivity index (χ3v) is 7.04. The second-order valence-corrected chi connectivity index (χ2v) is 10.7. The van der Waals surface area contributed by atoms with Gasteiger partial charge in [0.25, 0.3) is 0 Å². The van der Waals surface area contributed by atoms with E-state index in [1.54, 1.807) is 6.92 Å². The van der Waals surface area contributed by atoms with Crippen LogP contribution in [0.2, 0.25) is 0 Å². The van der Waals surface area contributed by atoms with E-state index >= 15 is 0 Å². The van der Waals surface area contributed by atoms with Crippen molar-refractivity contribution in [1.29, 1.82) is 0 Å². The Morgan fingerprint density at radius 2 is 1.82 bits per heavy atom. The van der Waals surface area contributed by atoms with Crippen molar-refractivity contribution in [2.75, 3.05) is 33.0 Å². The van der Waals surface area contributed by atoms with Crippen LogP contribution >= 0.6 is 0 Å². The second-order valence-electron chi connectivity index (χ2n) is 10.7. The molecule has 1 saturated heterocycles. The van der Waals surface area contributed by atoms with Gasteiger partial charge in [-0.1, -0.05) is 19.9 Å². The summed E-state index contributed by atoms with van der Waals surface area (Å²) in [4.78, 5) is 0. The molecule has 1 aromatic carbocycles. The maximum Gasteiger partial charge on any atom is 0.238 e. The Bertz CT molecular complexity index is 1040. The molecule has 0 radical (unpaired) electrons. The summed E-state index contributed by atoms with van der Waals surface area (Å²) < 4.78 is 17.3. The fraction of sp³-hybridized carbons (Fsp3) is 0.667. The van der Waals surface area contributed by atoms with Crippen LogP contribution in [-0.2, 0) is 11.2 Å². The molecule has 2 heterocycles. The minimum absolute atomic E-state index is 0.0923. The summed E-state index contributed by atoms with van der Waals surface area (Å²) in [5, 5.41) is 69.2. The summed E-state index contributed by atoms with van der Waals surface area (Å²) >= 11 is 0. The summed E-state index contributed by atoms with van der Waals surface area (Å²) in [5.41, 5.74) is 2.90. The first-order valence-electron chi connectivity index (χ1n) is 13.3. The van der Waals surface area contributed by atoms with E-state index < -0.39 is 42.9 Å². The van der Waals surface area contributed by atoms with E-state index in [2.05, 4.69) is 15.5 Å². The zero-order valence-corrected chi connectivity index (χ0v) is 23.0. The number of benzene rings is 1. The van der Waals surface area contributed by atoms with Crippen LogP contribution in [0.15, 0.2) is 18.2 Å². The summed E-state index contributed by atoms with van der Waals surface area (Å²) in [5.74, 6) is 1.01. The van der Waals surface area contributed by atoms with Crippen molar-refractivity contribution in [3.8, 4) is 11.6 Å². The molecule has 1 aliphatic rings.